The van der Waals surface area contributed by atoms with Crippen molar-refractivity contribution >= 4 is 29.3 Å². The molecule has 1 aliphatic carbocycles. The Bertz CT molecular complexity index is 1040. The number of aliphatic carboxylic acids is 1. The highest BCUT2D eigenvalue weighted by molar-refractivity contribution is 6.33. The Morgan fingerprint density at radius 3 is 2.88 bits per heavy atom. The van der Waals surface area contributed by atoms with E-state index < -0.39 is 17.9 Å². The number of aryl methyl sites for hydroxylation is 3. The first-order valence-electron chi connectivity index (χ1n) is 11.9. The molecule has 3 heterocycles. The van der Waals surface area contributed by atoms with Crippen molar-refractivity contribution in [1.82, 2.24) is 15.3 Å². The van der Waals surface area contributed by atoms with E-state index in [2.05, 4.69) is 27.8 Å². The number of carboxylic acids is 1. The Morgan fingerprint density at radius 2 is 2.09 bits per heavy atom. The van der Waals surface area contributed by atoms with Gasteiger partial charge in [-0.15, -0.1) is 0 Å². The van der Waals surface area contributed by atoms with Gasteiger partial charge < -0.3 is 20.5 Å². The molecule has 2 aliphatic rings. The fourth-order valence-corrected chi connectivity index (χ4v) is 4.63. The van der Waals surface area contributed by atoms with E-state index in [0.717, 1.165) is 56.6 Å². The number of amides is 1. The Morgan fingerprint density at radius 1 is 1.26 bits per heavy atom. The van der Waals surface area contributed by atoms with Gasteiger partial charge in [0.1, 0.15) is 17.6 Å². The fourth-order valence-electron chi connectivity index (χ4n) is 4.44. The molecular weight excluding hydrogens is 456 g/mol. The highest BCUT2D eigenvalue weighted by atomic mass is 35.5. The van der Waals surface area contributed by atoms with Crippen LogP contribution in [0.4, 0.5) is 5.82 Å². The number of ether oxygens (including phenoxy) is 1. The van der Waals surface area contributed by atoms with Crippen molar-refractivity contribution in [3.63, 3.8) is 0 Å². The Hall–Kier alpha value is -2.71. The molecule has 0 radical (unpaired) electrons. The normalized spacial score (nSPS) is 19.9. The van der Waals surface area contributed by atoms with Crippen molar-refractivity contribution in [3.05, 3.63) is 51.9 Å². The summed E-state index contributed by atoms with van der Waals surface area (Å²) >= 11 is 6.03. The van der Waals surface area contributed by atoms with Crippen LogP contribution in [0.1, 0.15) is 59.5 Å². The molecule has 2 aromatic rings. The minimum Gasteiger partial charge on any atom is -0.480 e. The van der Waals surface area contributed by atoms with Gasteiger partial charge in [0.25, 0.3) is 5.91 Å². The van der Waals surface area contributed by atoms with Gasteiger partial charge in [-0.05, 0) is 75.1 Å². The van der Waals surface area contributed by atoms with Crippen LogP contribution in [-0.4, -0.2) is 52.2 Å². The van der Waals surface area contributed by atoms with Crippen molar-refractivity contribution in [2.24, 2.45) is 5.92 Å². The fraction of sp³-hybridized carbons (Fsp3) is 0.520. The van der Waals surface area contributed by atoms with Crippen LogP contribution < -0.4 is 10.6 Å². The number of carbonyl (C=O) groups is 2. The van der Waals surface area contributed by atoms with Gasteiger partial charge in [-0.25, -0.2) is 14.8 Å². The average molecular weight is 487 g/mol. The van der Waals surface area contributed by atoms with Crippen molar-refractivity contribution in [1.29, 1.82) is 0 Å². The lowest BCUT2D eigenvalue weighted by Gasteiger charge is -2.35. The van der Waals surface area contributed by atoms with E-state index in [4.69, 9.17) is 21.3 Å². The molecule has 3 N–H and O–H groups in total. The van der Waals surface area contributed by atoms with E-state index in [1.807, 2.05) is 0 Å². The molecule has 1 saturated carbocycles. The third kappa shape index (κ3) is 6.24. The van der Waals surface area contributed by atoms with Crippen molar-refractivity contribution < 1.29 is 19.4 Å². The Balaban J connectivity index is 1.16. The largest absolute Gasteiger partial charge is 0.480 e. The number of carboxylic acid groups (broad SMARTS) is 1. The summed E-state index contributed by atoms with van der Waals surface area (Å²) in [7, 11) is 0. The number of halogens is 1. The van der Waals surface area contributed by atoms with Gasteiger partial charge in [0, 0.05) is 31.0 Å². The van der Waals surface area contributed by atoms with Crippen molar-refractivity contribution in [2.75, 3.05) is 18.5 Å². The molecule has 0 unspecified atom stereocenters. The maximum absolute atomic E-state index is 12.4. The second-order valence-electron chi connectivity index (χ2n) is 9.15. The summed E-state index contributed by atoms with van der Waals surface area (Å²) in [6.07, 6.45) is 6.54. The summed E-state index contributed by atoms with van der Waals surface area (Å²) < 4.78 is 5.86. The van der Waals surface area contributed by atoms with E-state index in [1.165, 1.54) is 5.56 Å². The minimum atomic E-state index is -1.11. The zero-order valence-corrected chi connectivity index (χ0v) is 20.1. The monoisotopic (exact) mass is 486 g/mol. The topological polar surface area (TPSA) is 113 Å². The Kier molecular flexibility index (Phi) is 8.00. The highest BCUT2D eigenvalue weighted by Crippen LogP contribution is 2.34. The van der Waals surface area contributed by atoms with Gasteiger partial charge in [0.2, 0.25) is 0 Å². The SMILES string of the molecule is Cc1ccc(Cl)c(C(=O)N[C@H](CCOC2CC(CCc3ccc4c(n3)NCCC4)C2)C(=O)O)n1. The lowest BCUT2D eigenvalue weighted by atomic mass is 9.79. The number of fused-ring (bicyclic) bond motifs is 1. The average Bonchev–Trinajstić information content (AvgIpc) is 2.80. The number of nitrogens with zero attached hydrogens (tertiary/aromatic N) is 2. The molecule has 9 heteroatoms. The summed E-state index contributed by atoms with van der Waals surface area (Å²) in [6, 6.07) is 6.53. The third-order valence-corrected chi connectivity index (χ3v) is 6.82. The Labute approximate surface area is 204 Å². The number of anilines is 1. The number of carbonyl (C=O) groups excluding carboxylic acids is 1. The first-order chi connectivity index (χ1) is 16.4. The summed E-state index contributed by atoms with van der Waals surface area (Å²) in [5.74, 6) is -0.0746. The number of hydrogen-bond donors (Lipinski definition) is 3. The second kappa shape index (κ2) is 11.1. The highest BCUT2D eigenvalue weighted by Gasteiger charge is 2.30. The molecule has 0 bridgehead atoms. The van der Waals surface area contributed by atoms with Crippen LogP contribution in [0.25, 0.3) is 0 Å². The maximum Gasteiger partial charge on any atom is 0.326 e. The molecule has 0 spiro atoms. The van der Waals surface area contributed by atoms with Gasteiger partial charge >= 0.3 is 5.97 Å². The van der Waals surface area contributed by atoms with E-state index in [0.29, 0.717) is 11.6 Å². The van der Waals surface area contributed by atoms with Crippen LogP contribution in [0.3, 0.4) is 0 Å². The van der Waals surface area contributed by atoms with E-state index >= 15 is 0 Å². The maximum atomic E-state index is 12.4. The van der Waals surface area contributed by atoms with Crippen LogP contribution in [0.15, 0.2) is 24.3 Å². The quantitative estimate of drug-likeness (QED) is 0.468. The molecule has 34 heavy (non-hydrogen) atoms. The summed E-state index contributed by atoms with van der Waals surface area (Å²) in [6.45, 7) is 3.00. The lowest BCUT2D eigenvalue weighted by molar-refractivity contribution is -0.140. The van der Waals surface area contributed by atoms with Gasteiger partial charge in [0.05, 0.1) is 11.1 Å². The predicted octanol–water partition coefficient (Wildman–Crippen LogP) is 3.80. The molecule has 1 aliphatic heterocycles. The molecule has 2 aromatic heterocycles. The van der Waals surface area contributed by atoms with Crippen LogP contribution in [0, 0.1) is 12.8 Å². The molecule has 1 atom stereocenters. The molecule has 1 amide bonds. The van der Waals surface area contributed by atoms with E-state index in [-0.39, 0.29) is 29.8 Å². The van der Waals surface area contributed by atoms with Crippen molar-refractivity contribution in [2.45, 2.75) is 64.0 Å². The number of pyridine rings is 2. The van der Waals surface area contributed by atoms with Crippen molar-refractivity contribution in [3.8, 4) is 0 Å². The summed E-state index contributed by atoms with van der Waals surface area (Å²) in [5, 5.41) is 15.6. The van der Waals surface area contributed by atoms with Crippen LogP contribution >= 0.6 is 11.6 Å². The number of aromatic nitrogens is 2. The number of hydrogen-bond acceptors (Lipinski definition) is 6. The van der Waals surface area contributed by atoms with E-state index in [1.54, 1.807) is 19.1 Å². The first-order valence-corrected chi connectivity index (χ1v) is 12.3. The minimum absolute atomic E-state index is 0.0277. The molecule has 1 fully saturated rings. The molecule has 0 saturated heterocycles. The summed E-state index contributed by atoms with van der Waals surface area (Å²) in [4.78, 5) is 32.9. The standard InChI is InChI=1S/C25H31ClN4O4/c1-15-4-9-20(26)22(28-15)24(31)30-21(25(32)33)10-12-34-19-13-16(14-19)5-7-18-8-6-17-3-2-11-27-23(17)29-18/h4,6,8-9,16,19,21H,2-3,5,7,10-14H2,1H3,(H,27,29)(H,30,31)(H,32,33)/t16?,19?,21-/m1/s1. The van der Waals surface area contributed by atoms with Gasteiger partial charge in [-0.1, -0.05) is 17.7 Å². The van der Waals surface area contributed by atoms with Gasteiger partial charge in [0.15, 0.2) is 0 Å². The lowest BCUT2D eigenvalue weighted by Crippen LogP contribution is -2.42. The first kappa shape index (κ1) is 24.4. The zero-order valence-electron chi connectivity index (χ0n) is 19.3. The summed E-state index contributed by atoms with van der Waals surface area (Å²) in [5.41, 5.74) is 3.09. The van der Waals surface area contributed by atoms with Crippen LogP contribution in [0.2, 0.25) is 5.02 Å². The molecule has 0 aromatic carbocycles. The predicted molar refractivity (Wildman–Crippen MR) is 129 cm³/mol. The smallest absolute Gasteiger partial charge is 0.326 e. The zero-order chi connectivity index (χ0) is 24.1. The van der Waals surface area contributed by atoms with Gasteiger partial charge in [-0.2, -0.15) is 0 Å². The van der Waals surface area contributed by atoms with Crippen LogP contribution in [0.5, 0.6) is 0 Å². The van der Waals surface area contributed by atoms with Crippen LogP contribution in [-0.2, 0) is 22.4 Å². The van der Waals surface area contributed by atoms with E-state index in [9.17, 15) is 14.7 Å². The molecular formula is C25H31ClN4O4. The molecule has 8 nitrogen and oxygen atoms in total. The number of nitrogens with one attached hydrogen (secondary N) is 2. The second-order valence-corrected chi connectivity index (χ2v) is 9.55. The molecule has 182 valence electrons. The number of rotatable bonds is 10. The molecule has 4 rings (SSSR count). The third-order valence-electron chi connectivity index (χ3n) is 6.52. The van der Waals surface area contributed by atoms with Gasteiger partial charge in [-0.3, -0.25) is 4.79 Å².